The standard InChI is InChI=1S/C32H32BN3O2/c1-30(2)31(3,4)38-33(37-30)26-20-21-28-27(22-26)29(34)35-36(28)32(23-14-8-5-9-15-23,24-16-10-6-11-17-24)25-18-12-7-13-19-25/h5-22H,1-4H3,(H2,34,35). The van der Waals surface area contributed by atoms with Crippen molar-refractivity contribution in [2.75, 3.05) is 5.73 Å². The zero-order valence-electron chi connectivity index (χ0n) is 22.3. The van der Waals surface area contributed by atoms with E-state index >= 15 is 0 Å². The van der Waals surface area contributed by atoms with E-state index in [1.807, 2.05) is 18.2 Å². The smallest absolute Gasteiger partial charge is 0.399 e. The van der Waals surface area contributed by atoms with Gasteiger partial charge in [0.15, 0.2) is 5.82 Å². The molecule has 0 spiro atoms. The van der Waals surface area contributed by atoms with Crippen LogP contribution in [0.25, 0.3) is 10.9 Å². The van der Waals surface area contributed by atoms with E-state index in [4.69, 9.17) is 20.1 Å². The van der Waals surface area contributed by atoms with E-state index in [1.54, 1.807) is 0 Å². The quantitative estimate of drug-likeness (QED) is 0.246. The van der Waals surface area contributed by atoms with Crippen molar-refractivity contribution in [2.45, 2.75) is 44.4 Å². The number of anilines is 1. The van der Waals surface area contributed by atoms with Crippen LogP contribution >= 0.6 is 0 Å². The summed E-state index contributed by atoms with van der Waals surface area (Å²) in [5, 5.41) is 5.89. The molecular weight excluding hydrogens is 469 g/mol. The molecule has 1 aromatic heterocycles. The predicted octanol–water partition coefficient (Wildman–Crippen LogP) is 5.76. The Morgan fingerprint density at radius 1 is 0.684 bits per heavy atom. The Hall–Kier alpha value is -3.87. The normalized spacial score (nSPS) is 16.7. The summed E-state index contributed by atoms with van der Waals surface area (Å²) in [4.78, 5) is 0. The van der Waals surface area contributed by atoms with Gasteiger partial charge < -0.3 is 15.0 Å². The third-order valence-corrected chi connectivity index (χ3v) is 8.15. The number of fused-ring (bicyclic) bond motifs is 1. The summed E-state index contributed by atoms with van der Waals surface area (Å²) in [6.07, 6.45) is 0. The molecule has 1 saturated heterocycles. The van der Waals surface area contributed by atoms with Crippen LogP contribution in [0.1, 0.15) is 44.4 Å². The minimum absolute atomic E-state index is 0.425. The maximum atomic E-state index is 6.67. The minimum Gasteiger partial charge on any atom is -0.399 e. The zero-order valence-corrected chi connectivity index (χ0v) is 22.3. The van der Waals surface area contributed by atoms with E-state index < -0.39 is 23.9 Å². The van der Waals surface area contributed by atoms with E-state index in [0.717, 1.165) is 33.1 Å². The van der Waals surface area contributed by atoms with Crippen molar-refractivity contribution >= 4 is 29.3 Å². The van der Waals surface area contributed by atoms with Crippen molar-refractivity contribution in [3.8, 4) is 0 Å². The SMILES string of the molecule is CC1(C)OB(c2ccc3c(c2)c(N)nn3C(c2ccccc2)(c2ccccc2)c2ccccc2)OC1(C)C. The van der Waals surface area contributed by atoms with Crippen LogP contribution in [0.4, 0.5) is 5.82 Å². The van der Waals surface area contributed by atoms with Crippen molar-refractivity contribution in [3.05, 3.63) is 126 Å². The van der Waals surface area contributed by atoms with Gasteiger partial charge in [0.2, 0.25) is 0 Å². The molecular formula is C32H32BN3O2. The first-order chi connectivity index (χ1) is 18.2. The highest BCUT2D eigenvalue weighted by Gasteiger charge is 2.52. The second kappa shape index (κ2) is 8.86. The van der Waals surface area contributed by atoms with E-state index in [-0.39, 0.29) is 0 Å². The minimum atomic E-state index is -0.745. The number of hydrogen-bond acceptors (Lipinski definition) is 4. The number of hydrogen-bond donors (Lipinski definition) is 1. The van der Waals surface area contributed by atoms with Crippen LogP contribution in [-0.2, 0) is 14.8 Å². The molecule has 5 nitrogen and oxygen atoms in total. The largest absolute Gasteiger partial charge is 0.494 e. The lowest BCUT2D eigenvalue weighted by molar-refractivity contribution is 0.00578. The van der Waals surface area contributed by atoms with Crippen LogP contribution in [0.5, 0.6) is 0 Å². The van der Waals surface area contributed by atoms with Gasteiger partial charge in [-0.1, -0.05) is 97.1 Å². The Kier molecular flexibility index (Phi) is 5.71. The second-order valence-electron chi connectivity index (χ2n) is 11.0. The van der Waals surface area contributed by atoms with Crippen molar-refractivity contribution in [3.63, 3.8) is 0 Å². The number of nitrogens with two attached hydrogens (primary N) is 1. The Labute approximate surface area is 224 Å². The summed E-state index contributed by atoms with van der Waals surface area (Å²) in [6, 6.07) is 37.7. The van der Waals surface area contributed by atoms with Crippen LogP contribution < -0.4 is 11.2 Å². The molecule has 1 aliphatic heterocycles. The maximum Gasteiger partial charge on any atom is 0.494 e. The molecule has 0 amide bonds. The third kappa shape index (κ3) is 3.67. The topological polar surface area (TPSA) is 62.3 Å². The van der Waals surface area contributed by atoms with Gasteiger partial charge in [-0.05, 0) is 62.0 Å². The molecule has 5 aromatic rings. The molecule has 6 rings (SSSR count). The Morgan fingerprint density at radius 3 is 1.58 bits per heavy atom. The molecule has 2 heterocycles. The first-order valence-electron chi connectivity index (χ1n) is 13.0. The molecule has 6 heteroatoms. The lowest BCUT2D eigenvalue weighted by Gasteiger charge is -2.37. The molecule has 0 bridgehead atoms. The maximum absolute atomic E-state index is 6.67. The molecule has 0 radical (unpaired) electrons. The molecule has 190 valence electrons. The van der Waals surface area contributed by atoms with Gasteiger partial charge in [-0.15, -0.1) is 0 Å². The van der Waals surface area contributed by atoms with Crippen LogP contribution in [0.3, 0.4) is 0 Å². The fraction of sp³-hybridized carbons (Fsp3) is 0.219. The van der Waals surface area contributed by atoms with E-state index in [9.17, 15) is 0 Å². The summed E-state index contributed by atoms with van der Waals surface area (Å²) in [6.45, 7) is 8.25. The van der Waals surface area contributed by atoms with Crippen molar-refractivity contribution in [1.29, 1.82) is 0 Å². The number of nitrogen functional groups attached to an aromatic ring is 1. The Morgan fingerprint density at radius 2 is 1.13 bits per heavy atom. The molecule has 1 fully saturated rings. The predicted molar refractivity (Wildman–Crippen MR) is 154 cm³/mol. The van der Waals surface area contributed by atoms with Gasteiger partial charge in [-0.2, -0.15) is 5.10 Å². The van der Waals surface area contributed by atoms with Gasteiger partial charge >= 0.3 is 7.12 Å². The molecule has 38 heavy (non-hydrogen) atoms. The van der Waals surface area contributed by atoms with Crippen LogP contribution in [0, 0.1) is 0 Å². The summed E-state index contributed by atoms with van der Waals surface area (Å²) < 4.78 is 14.7. The summed E-state index contributed by atoms with van der Waals surface area (Å²) in [5.41, 5.74) is 10.2. The highest BCUT2D eigenvalue weighted by Crippen LogP contribution is 2.43. The molecule has 2 N–H and O–H groups in total. The summed E-state index contributed by atoms with van der Waals surface area (Å²) >= 11 is 0. The van der Waals surface area contributed by atoms with E-state index in [1.165, 1.54) is 0 Å². The van der Waals surface area contributed by atoms with Crippen LogP contribution in [0.15, 0.2) is 109 Å². The average molecular weight is 501 g/mol. The van der Waals surface area contributed by atoms with E-state index in [2.05, 4.69) is 123 Å². The van der Waals surface area contributed by atoms with Gasteiger partial charge in [0.05, 0.1) is 16.7 Å². The van der Waals surface area contributed by atoms with Gasteiger partial charge in [-0.3, -0.25) is 0 Å². The first kappa shape index (κ1) is 24.5. The molecule has 0 aliphatic carbocycles. The van der Waals surface area contributed by atoms with Gasteiger partial charge in [0.25, 0.3) is 0 Å². The van der Waals surface area contributed by atoms with Gasteiger partial charge in [-0.25, -0.2) is 4.68 Å². The lowest BCUT2D eigenvalue weighted by Crippen LogP contribution is -2.41. The van der Waals surface area contributed by atoms with Crippen molar-refractivity contribution in [1.82, 2.24) is 9.78 Å². The highest BCUT2D eigenvalue weighted by atomic mass is 16.7. The van der Waals surface area contributed by atoms with Crippen molar-refractivity contribution < 1.29 is 9.31 Å². The zero-order chi connectivity index (χ0) is 26.5. The van der Waals surface area contributed by atoms with Crippen molar-refractivity contribution in [2.24, 2.45) is 0 Å². The monoisotopic (exact) mass is 501 g/mol. The van der Waals surface area contributed by atoms with Crippen LogP contribution in [0.2, 0.25) is 0 Å². The van der Waals surface area contributed by atoms with Gasteiger partial charge in [0, 0.05) is 5.39 Å². The first-order valence-corrected chi connectivity index (χ1v) is 13.0. The Balaban J connectivity index is 1.61. The number of rotatable bonds is 5. The summed E-state index contributed by atoms with van der Waals surface area (Å²) in [7, 11) is -0.478. The molecule has 1 aliphatic rings. The fourth-order valence-electron chi connectivity index (χ4n) is 5.45. The molecule has 4 aromatic carbocycles. The number of aromatic nitrogens is 2. The summed E-state index contributed by atoms with van der Waals surface area (Å²) in [5.74, 6) is 0.463. The number of nitrogens with zero attached hydrogens (tertiary/aromatic N) is 2. The third-order valence-electron chi connectivity index (χ3n) is 8.15. The molecule has 0 saturated carbocycles. The molecule has 0 unspecified atom stereocenters. The Bertz CT molecular complexity index is 1470. The lowest BCUT2D eigenvalue weighted by atomic mass is 9.76. The van der Waals surface area contributed by atoms with E-state index in [0.29, 0.717) is 5.82 Å². The van der Waals surface area contributed by atoms with Gasteiger partial charge in [0.1, 0.15) is 5.54 Å². The second-order valence-corrected chi connectivity index (χ2v) is 11.0. The number of benzene rings is 4. The molecule has 0 atom stereocenters. The van der Waals surface area contributed by atoms with Crippen LogP contribution in [-0.4, -0.2) is 28.1 Å². The fourth-order valence-corrected chi connectivity index (χ4v) is 5.45. The average Bonchev–Trinajstić information content (AvgIpc) is 3.37. The highest BCUT2D eigenvalue weighted by molar-refractivity contribution is 6.62.